The van der Waals surface area contributed by atoms with Gasteiger partial charge in [0.05, 0.1) is 30.3 Å². The van der Waals surface area contributed by atoms with Gasteiger partial charge >= 0.3 is 19.3 Å². The average molecular weight is 358 g/mol. The van der Waals surface area contributed by atoms with Crippen LogP contribution in [0.3, 0.4) is 0 Å². The third kappa shape index (κ3) is 4.01. The first-order chi connectivity index (χ1) is 11.4. The van der Waals surface area contributed by atoms with Crippen LogP contribution in [0.5, 0.6) is 0 Å². The summed E-state index contributed by atoms with van der Waals surface area (Å²) in [5, 5.41) is 0. The van der Waals surface area contributed by atoms with Crippen molar-refractivity contribution < 1.29 is 32.0 Å². The average Bonchev–Trinajstić information content (AvgIpc) is 2.71. The second kappa shape index (κ2) is 6.65. The predicted molar refractivity (Wildman–Crippen MR) is 86.9 cm³/mol. The Bertz CT molecular complexity index is 627. The maximum absolute atomic E-state index is 13.4. The van der Waals surface area contributed by atoms with E-state index in [0.29, 0.717) is 0 Å². The van der Waals surface area contributed by atoms with E-state index in [-0.39, 0.29) is 12.0 Å². The van der Waals surface area contributed by atoms with E-state index in [1.165, 1.54) is 25.3 Å². The standard InChI is InChI=1S/C17H22BF3O4/c1-15(2)16(3,4)25-18(24-15)13(10-14(22)23-5)11-8-6-7-9-12(11)17(19,20)21/h6-9,13H,10H2,1-5H3. The van der Waals surface area contributed by atoms with E-state index in [1.54, 1.807) is 27.7 Å². The monoisotopic (exact) mass is 358 g/mol. The highest BCUT2D eigenvalue weighted by atomic mass is 19.4. The number of benzene rings is 1. The maximum Gasteiger partial charge on any atom is 0.466 e. The van der Waals surface area contributed by atoms with Gasteiger partial charge in [0.2, 0.25) is 0 Å². The lowest BCUT2D eigenvalue weighted by Crippen LogP contribution is -2.41. The summed E-state index contributed by atoms with van der Waals surface area (Å²) in [6.07, 6.45) is -4.82. The van der Waals surface area contributed by atoms with Gasteiger partial charge in [0.25, 0.3) is 0 Å². The van der Waals surface area contributed by atoms with Gasteiger partial charge in [-0.1, -0.05) is 18.2 Å². The zero-order chi connectivity index (χ0) is 19.0. The van der Waals surface area contributed by atoms with Crippen molar-refractivity contribution in [2.45, 2.75) is 57.3 Å². The van der Waals surface area contributed by atoms with Crippen LogP contribution in [0.4, 0.5) is 13.2 Å². The molecule has 4 nitrogen and oxygen atoms in total. The van der Waals surface area contributed by atoms with Gasteiger partial charge in [-0.25, -0.2) is 0 Å². The molecule has 0 bridgehead atoms. The first-order valence-electron chi connectivity index (χ1n) is 7.97. The number of hydrogen-bond donors (Lipinski definition) is 0. The molecule has 1 atom stereocenters. The van der Waals surface area contributed by atoms with E-state index in [2.05, 4.69) is 4.74 Å². The summed E-state index contributed by atoms with van der Waals surface area (Å²) in [6.45, 7) is 7.21. The van der Waals surface area contributed by atoms with Gasteiger partial charge < -0.3 is 14.0 Å². The van der Waals surface area contributed by atoms with Crippen LogP contribution in [0.15, 0.2) is 24.3 Å². The number of carbonyl (C=O) groups excluding carboxylic acids is 1. The Morgan fingerprint density at radius 3 is 2.16 bits per heavy atom. The van der Waals surface area contributed by atoms with Crippen LogP contribution in [0.25, 0.3) is 0 Å². The zero-order valence-corrected chi connectivity index (χ0v) is 14.9. The minimum atomic E-state index is -4.55. The first-order valence-corrected chi connectivity index (χ1v) is 7.97. The van der Waals surface area contributed by atoms with Crippen LogP contribution in [-0.2, 0) is 25.0 Å². The van der Waals surface area contributed by atoms with Gasteiger partial charge in [0.1, 0.15) is 0 Å². The van der Waals surface area contributed by atoms with Crippen molar-refractivity contribution in [2.75, 3.05) is 7.11 Å². The highest BCUT2D eigenvalue weighted by Gasteiger charge is 2.55. The van der Waals surface area contributed by atoms with Crippen molar-refractivity contribution in [2.24, 2.45) is 0 Å². The topological polar surface area (TPSA) is 44.8 Å². The molecule has 0 radical (unpaired) electrons. The summed E-state index contributed by atoms with van der Waals surface area (Å²) in [6, 6.07) is 5.15. The smallest absolute Gasteiger partial charge is 0.466 e. The zero-order valence-electron chi connectivity index (χ0n) is 14.9. The summed E-state index contributed by atoms with van der Waals surface area (Å²) in [7, 11) is 0.201. The molecule has 1 aliphatic rings. The summed E-state index contributed by atoms with van der Waals surface area (Å²) in [5.41, 5.74) is -2.30. The molecule has 1 fully saturated rings. The second-order valence-corrected chi connectivity index (χ2v) is 7.10. The fraction of sp³-hybridized carbons (Fsp3) is 0.588. The van der Waals surface area contributed by atoms with Gasteiger partial charge in [-0.15, -0.1) is 0 Å². The molecule has 1 aromatic rings. The number of alkyl halides is 3. The van der Waals surface area contributed by atoms with Gasteiger partial charge in [-0.05, 0) is 39.3 Å². The molecular weight excluding hydrogens is 336 g/mol. The van der Waals surface area contributed by atoms with Gasteiger partial charge in [-0.3, -0.25) is 4.79 Å². The van der Waals surface area contributed by atoms with Crippen LogP contribution in [0, 0.1) is 0 Å². The van der Waals surface area contributed by atoms with E-state index >= 15 is 0 Å². The van der Waals surface area contributed by atoms with Gasteiger partial charge in [-0.2, -0.15) is 13.2 Å². The Labute approximate surface area is 145 Å². The van der Waals surface area contributed by atoms with Crippen LogP contribution in [0.1, 0.15) is 51.1 Å². The van der Waals surface area contributed by atoms with Crippen molar-refractivity contribution in [1.29, 1.82) is 0 Å². The number of ether oxygens (including phenoxy) is 1. The SMILES string of the molecule is COC(=O)CC(B1OC(C)(C)C(C)(C)O1)c1ccccc1C(F)(F)F. The molecule has 1 unspecified atom stereocenters. The minimum Gasteiger partial charge on any atom is -0.469 e. The van der Waals surface area contributed by atoms with E-state index < -0.39 is 41.8 Å². The molecule has 0 spiro atoms. The lowest BCUT2D eigenvalue weighted by atomic mass is 9.65. The highest BCUT2D eigenvalue weighted by Crippen LogP contribution is 2.44. The molecule has 25 heavy (non-hydrogen) atoms. The summed E-state index contributed by atoms with van der Waals surface area (Å²) >= 11 is 0. The normalized spacial score (nSPS) is 20.4. The molecule has 0 aliphatic carbocycles. The molecule has 1 aromatic carbocycles. The summed E-state index contributed by atoms with van der Waals surface area (Å²) < 4.78 is 56.7. The lowest BCUT2D eigenvalue weighted by Gasteiger charge is -2.32. The van der Waals surface area contributed by atoms with Crippen LogP contribution >= 0.6 is 0 Å². The Morgan fingerprint density at radius 2 is 1.68 bits per heavy atom. The van der Waals surface area contributed by atoms with Crippen LogP contribution in [-0.4, -0.2) is 31.4 Å². The largest absolute Gasteiger partial charge is 0.469 e. The van der Waals surface area contributed by atoms with Crippen molar-refractivity contribution in [3.63, 3.8) is 0 Å². The number of esters is 1. The van der Waals surface area contributed by atoms with E-state index in [1.807, 2.05) is 0 Å². The molecular formula is C17H22BF3O4. The molecule has 1 aliphatic heterocycles. The molecule has 1 heterocycles. The molecule has 1 saturated heterocycles. The first kappa shape index (κ1) is 19.8. The molecule has 2 rings (SSSR count). The molecule has 0 aromatic heterocycles. The number of carbonyl (C=O) groups is 1. The van der Waals surface area contributed by atoms with Gasteiger partial charge in [0.15, 0.2) is 0 Å². The van der Waals surface area contributed by atoms with E-state index in [0.717, 1.165) is 6.07 Å². The Kier molecular flexibility index (Phi) is 5.26. The molecule has 8 heteroatoms. The number of methoxy groups -OCH3 is 1. The number of halogens is 3. The third-order valence-electron chi connectivity index (χ3n) is 4.88. The lowest BCUT2D eigenvalue weighted by molar-refractivity contribution is -0.142. The number of hydrogen-bond acceptors (Lipinski definition) is 4. The van der Waals surface area contributed by atoms with Crippen molar-refractivity contribution >= 4 is 13.1 Å². The van der Waals surface area contributed by atoms with E-state index in [9.17, 15) is 18.0 Å². The van der Waals surface area contributed by atoms with Crippen LogP contribution < -0.4 is 0 Å². The highest BCUT2D eigenvalue weighted by molar-refractivity contribution is 6.48. The fourth-order valence-corrected chi connectivity index (χ4v) is 2.75. The fourth-order valence-electron chi connectivity index (χ4n) is 2.75. The Hall–Kier alpha value is -1.54. The predicted octanol–water partition coefficient (Wildman–Crippen LogP) is 3.98. The van der Waals surface area contributed by atoms with Crippen molar-refractivity contribution in [3.8, 4) is 0 Å². The molecule has 0 saturated carbocycles. The number of rotatable bonds is 4. The van der Waals surface area contributed by atoms with Crippen LogP contribution in [0.2, 0.25) is 0 Å². The molecule has 0 N–H and O–H groups in total. The van der Waals surface area contributed by atoms with Gasteiger partial charge in [0, 0.05) is 5.82 Å². The molecule has 138 valence electrons. The third-order valence-corrected chi connectivity index (χ3v) is 4.88. The Balaban J connectivity index is 2.48. The maximum atomic E-state index is 13.4. The quantitative estimate of drug-likeness (QED) is 0.603. The summed E-state index contributed by atoms with van der Waals surface area (Å²) in [5.74, 6) is -1.57. The Morgan fingerprint density at radius 1 is 1.16 bits per heavy atom. The van der Waals surface area contributed by atoms with Crippen molar-refractivity contribution in [1.82, 2.24) is 0 Å². The van der Waals surface area contributed by atoms with E-state index in [4.69, 9.17) is 9.31 Å². The van der Waals surface area contributed by atoms with Crippen molar-refractivity contribution in [3.05, 3.63) is 35.4 Å². The summed E-state index contributed by atoms with van der Waals surface area (Å²) in [4.78, 5) is 11.8. The molecule has 0 amide bonds. The minimum absolute atomic E-state index is 0.0427. The second-order valence-electron chi connectivity index (χ2n) is 7.10.